The first-order valence-corrected chi connectivity index (χ1v) is 4.48. The van der Waals surface area contributed by atoms with E-state index in [2.05, 4.69) is 4.74 Å². The van der Waals surface area contributed by atoms with Gasteiger partial charge in [0, 0.05) is 0 Å². The first-order chi connectivity index (χ1) is 7.44. The van der Waals surface area contributed by atoms with Crippen molar-refractivity contribution in [2.75, 3.05) is 6.61 Å². The van der Waals surface area contributed by atoms with Crippen molar-refractivity contribution in [3.63, 3.8) is 0 Å². The lowest BCUT2D eigenvalue weighted by molar-refractivity contribution is -0.153. The molecule has 2 N–H and O–H groups in total. The zero-order chi connectivity index (χ0) is 12.2. The molecular weight excluding hydrogens is 225 g/mol. The Balaban J connectivity index is 2.79. The molecule has 1 aromatic carbocycles. The molecule has 1 aromatic rings. The summed E-state index contributed by atoms with van der Waals surface area (Å²) >= 11 is 0. The fourth-order valence-electron chi connectivity index (χ4n) is 1.16. The molecule has 90 valence electrons. The van der Waals surface area contributed by atoms with E-state index in [1.54, 1.807) is 0 Å². The lowest BCUT2D eigenvalue weighted by Gasteiger charge is -2.11. The molecule has 1 rings (SSSR count). The Kier molecular flexibility index (Phi) is 4.14. The molecule has 0 unspecified atom stereocenters. The summed E-state index contributed by atoms with van der Waals surface area (Å²) in [5.41, 5.74) is 0.785. The molecule has 0 spiro atoms. The van der Waals surface area contributed by atoms with Crippen LogP contribution in [-0.2, 0) is 13.2 Å². The van der Waals surface area contributed by atoms with E-state index in [0.29, 0.717) is 11.1 Å². The van der Waals surface area contributed by atoms with Gasteiger partial charge in [0.05, 0.1) is 13.2 Å². The highest BCUT2D eigenvalue weighted by Gasteiger charge is 2.28. The Bertz CT molecular complexity index is 327. The minimum Gasteiger partial charge on any atom is -0.484 e. The number of benzene rings is 1. The van der Waals surface area contributed by atoms with E-state index in [-0.39, 0.29) is 19.0 Å². The van der Waals surface area contributed by atoms with Crippen LogP contribution in [0.2, 0.25) is 0 Å². The Labute approximate surface area is 90.1 Å². The third kappa shape index (κ3) is 4.08. The van der Waals surface area contributed by atoms with Gasteiger partial charge in [0.25, 0.3) is 0 Å². The van der Waals surface area contributed by atoms with Crippen LogP contribution in [0.25, 0.3) is 0 Å². The van der Waals surface area contributed by atoms with Crippen molar-refractivity contribution in [3.05, 3.63) is 29.3 Å². The lowest BCUT2D eigenvalue weighted by Crippen LogP contribution is -2.19. The first-order valence-electron chi connectivity index (χ1n) is 4.48. The Morgan fingerprint density at radius 2 is 1.50 bits per heavy atom. The molecule has 0 saturated carbocycles. The van der Waals surface area contributed by atoms with Crippen molar-refractivity contribution in [1.29, 1.82) is 0 Å². The van der Waals surface area contributed by atoms with E-state index in [0.717, 1.165) is 0 Å². The second-order valence-electron chi connectivity index (χ2n) is 3.21. The number of ether oxygens (including phenoxy) is 1. The Hall–Kier alpha value is -1.27. The highest BCUT2D eigenvalue weighted by atomic mass is 19.4. The molecule has 0 aromatic heterocycles. The zero-order valence-electron chi connectivity index (χ0n) is 8.29. The second kappa shape index (κ2) is 5.18. The van der Waals surface area contributed by atoms with Gasteiger partial charge in [-0.15, -0.1) is 0 Å². The van der Waals surface area contributed by atoms with Crippen LogP contribution in [0.3, 0.4) is 0 Å². The van der Waals surface area contributed by atoms with Crippen LogP contribution in [0.5, 0.6) is 5.75 Å². The minimum absolute atomic E-state index is 0.0204. The average Bonchev–Trinajstić information content (AvgIpc) is 2.25. The largest absolute Gasteiger partial charge is 0.484 e. The van der Waals surface area contributed by atoms with Gasteiger partial charge in [-0.2, -0.15) is 13.2 Å². The van der Waals surface area contributed by atoms with Gasteiger partial charge in [0.2, 0.25) is 0 Å². The maximum absolute atomic E-state index is 11.9. The third-order valence-corrected chi connectivity index (χ3v) is 1.79. The van der Waals surface area contributed by atoms with E-state index < -0.39 is 12.8 Å². The SMILES string of the molecule is OCc1cc(CO)cc(OCC(F)(F)F)c1. The van der Waals surface area contributed by atoms with Gasteiger partial charge in [0.1, 0.15) is 5.75 Å². The zero-order valence-corrected chi connectivity index (χ0v) is 8.29. The van der Waals surface area contributed by atoms with Crippen LogP contribution in [0, 0.1) is 0 Å². The van der Waals surface area contributed by atoms with Gasteiger partial charge in [-0.25, -0.2) is 0 Å². The topological polar surface area (TPSA) is 49.7 Å². The summed E-state index contributed by atoms with van der Waals surface area (Å²) in [7, 11) is 0. The first kappa shape index (κ1) is 12.8. The maximum Gasteiger partial charge on any atom is 0.422 e. The number of aliphatic hydroxyl groups excluding tert-OH is 2. The van der Waals surface area contributed by atoms with E-state index in [9.17, 15) is 13.2 Å². The van der Waals surface area contributed by atoms with Gasteiger partial charge >= 0.3 is 6.18 Å². The monoisotopic (exact) mass is 236 g/mol. The van der Waals surface area contributed by atoms with E-state index in [1.807, 2.05) is 0 Å². The van der Waals surface area contributed by atoms with Crippen molar-refractivity contribution < 1.29 is 28.1 Å². The predicted octanol–water partition coefficient (Wildman–Crippen LogP) is 1.61. The van der Waals surface area contributed by atoms with Crippen LogP contribution in [-0.4, -0.2) is 23.0 Å². The third-order valence-electron chi connectivity index (χ3n) is 1.79. The average molecular weight is 236 g/mol. The van der Waals surface area contributed by atoms with Crippen LogP contribution in [0.1, 0.15) is 11.1 Å². The standard InChI is InChI=1S/C10H11F3O3/c11-10(12,13)6-16-9-2-7(4-14)1-8(3-9)5-15/h1-3,14-15H,4-6H2. The Morgan fingerprint density at radius 3 is 1.88 bits per heavy atom. The van der Waals surface area contributed by atoms with Crippen molar-refractivity contribution in [2.45, 2.75) is 19.4 Å². The fraction of sp³-hybridized carbons (Fsp3) is 0.400. The summed E-state index contributed by atoms with van der Waals surface area (Å²) in [6.45, 7) is -2.04. The predicted molar refractivity (Wildman–Crippen MR) is 49.8 cm³/mol. The molecule has 0 heterocycles. The number of hydrogen-bond acceptors (Lipinski definition) is 3. The van der Waals surface area contributed by atoms with Crippen molar-refractivity contribution >= 4 is 0 Å². The summed E-state index contributed by atoms with van der Waals surface area (Å²) in [6, 6.07) is 4.08. The Morgan fingerprint density at radius 1 is 1.00 bits per heavy atom. The molecule has 0 radical (unpaired) electrons. The van der Waals surface area contributed by atoms with Gasteiger partial charge in [-0.05, 0) is 23.3 Å². The molecule has 16 heavy (non-hydrogen) atoms. The number of aliphatic hydroxyl groups is 2. The molecule has 0 saturated heterocycles. The lowest BCUT2D eigenvalue weighted by atomic mass is 10.1. The number of hydrogen-bond donors (Lipinski definition) is 2. The molecule has 0 bridgehead atoms. The molecule has 0 aliphatic carbocycles. The molecule has 0 aliphatic heterocycles. The van der Waals surface area contributed by atoms with Crippen molar-refractivity contribution in [1.82, 2.24) is 0 Å². The molecule has 0 atom stereocenters. The second-order valence-corrected chi connectivity index (χ2v) is 3.21. The summed E-state index contributed by atoms with van der Waals surface area (Å²) in [5.74, 6) is -0.0204. The smallest absolute Gasteiger partial charge is 0.422 e. The molecule has 0 amide bonds. The van der Waals surface area contributed by atoms with Crippen LogP contribution >= 0.6 is 0 Å². The minimum atomic E-state index is -4.41. The molecular formula is C10H11F3O3. The van der Waals surface area contributed by atoms with Crippen LogP contribution < -0.4 is 4.74 Å². The molecule has 0 aliphatic rings. The summed E-state index contributed by atoms with van der Waals surface area (Å²) in [5, 5.41) is 17.7. The molecule has 0 fully saturated rings. The van der Waals surface area contributed by atoms with Gasteiger partial charge in [0.15, 0.2) is 6.61 Å². The maximum atomic E-state index is 11.9. The van der Waals surface area contributed by atoms with Crippen LogP contribution in [0.4, 0.5) is 13.2 Å². The normalized spacial score (nSPS) is 11.6. The summed E-state index contributed by atoms with van der Waals surface area (Å²) in [6.07, 6.45) is -4.41. The van der Waals surface area contributed by atoms with E-state index >= 15 is 0 Å². The highest BCUT2D eigenvalue weighted by molar-refractivity contribution is 5.34. The van der Waals surface area contributed by atoms with Gasteiger partial charge < -0.3 is 14.9 Å². The summed E-state index contributed by atoms with van der Waals surface area (Å²) in [4.78, 5) is 0. The number of halogens is 3. The van der Waals surface area contributed by atoms with Crippen molar-refractivity contribution in [2.24, 2.45) is 0 Å². The highest BCUT2D eigenvalue weighted by Crippen LogP contribution is 2.21. The number of alkyl halides is 3. The molecule has 3 nitrogen and oxygen atoms in total. The quantitative estimate of drug-likeness (QED) is 0.835. The fourth-order valence-corrected chi connectivity index (χ4v) is 1.16. The molecule has 6 heteroatoms. The number of rotatable bonds is 4. The van der Waals surface area contributed by atoms with Crippen LogP contribution in [0.15, 0.2) is 18.2 Å². The van der Waals surface area contributed by atoms with E-state index in [4.69, 9.17) is 10.2 Å². The summed E-state index contributed by atoms with van der Waals surface area (Å²) < 4.78 is 40.2. The van der Waals surface area contributed by atoms with Gasteiger partial charge in [-0.3, -0.25) is 0 Å². The van der Waals surface area contributed by atoms with Gasteiger partial charge in [-0.1, -0.05) is 6.07 Å². The van der Waals surface area contributed by atoms with Crippen molar-refractivity contribution in [3.8, 4) is 5.75 Å². The van der Waals surface area contributed by atoms with E-state index in [1.165, 1.54) is 18.2 Å².